The third-order valence-corrected chi connectivity index (χ3v) is 28.9. The van der Waals surface area contributed by atoms with Gasteiger partial charge in [0.2, 0.25) is 0 Å². The first-order valence-corrected chi connectivity index (χ1v) is 41.0. The number of unbranched alkanes of at least 4 members (excludes halogenated alkanes) is 3. The molecule has 0 amide bonds. The Balaban J connectivity index is 0.000000113. The molecule has 16 fully saturated rings. The predicted octanol–water partition coefficient (Wildman–Crippen LogP) is 22.8. The van der Waals surface area contributed by atoms with Crippen molar-refractivity contribution in [2.24, 2.45) is 82.9 Å². The van der Waals surface area contributed by atoms with Crippen LogP contribution in [-0.2, 0) is 104 Å². The minimum atomic E-state index is 0. The molecule has 16 saturated carbocycles. The topological polar surface area (TPSA) is 71.3 Å². The standard InChI is InChI=1S/C29H35N2.C25H27N2.2C20H23N2.4Ir/c1-2-3-4-5-10-27-19-30-29(24-12-11-22-8-6-7-9-23(22)18-24)31(27)28-25-14-20-13-21(16-25)17-26(28)15-20;1-2-23-16-27(25-13-17-9-18(14-25)11-19(10-17)15-25)24(26-23)22-8-7-20-5-3-4-6-21(20)12-22;1-14-13-21-19(18-5-3-2-4-6-18)22(14)20-10-15-7-16(11-20)9-17(8-15)12-20;1-13-12-21-20(16-5-3-2-4-6-16)22(13)19-17-8-14-7-15(10-17)11-18(19)9-14;;;;/h6-9,11,18-21,25-26,28H,2-5,10,13-17H2,1H3;3-7,12,16-19H,2,9-11,13-15H2,1H3;2-5,13,15-17H,7-12H2,1H3;2-5,12,14-15,17-19H,7-11H2,1H3;;;;/q4*-1;;;;. The molecular formula is C94H108Ir4N8-4. The largest absolute Gasteiger partial charge is 0.365 e. The molecule has 106 heavy (non-hydrogen) atoms. The second-order valence-electron chi connectivity index (χ2n) is 35.8. The molecule has 26 rings (SSSR count). The summed E-state index contributed by atoms with van der Waals surface area (Å²) < 4.78 is 10.5. The van der Waals surface area contributed by atoms with Crippen molar-refractivity contribution in [3.63, 3.8) is 0 Å². The molecule has 0 saturated heterocycles. The maximum absolute atomic E-state index is 5.09. The fourth-order valence-electron chi connectivity index (χ4n) is 26.2. The molecule has 12 heteroatoms. The molecule has 0 unspecified atom stereocenters. The molecule has 0 atom stereocenters. The summed E-state index contributed by atoms with van der Waals surface area (Å²) in [5.41, 5.74) is 10.6. The van der Waals surface area contributed by atoms with E-state index in [1.807, 2.05) is 24.3 Å². The zero-order valence-corrected chi connectivity index (χ0v) is 72.4. The molecule has 4 heterocycles. The number of hydrogen-bond acceptors (Lipinski definition) is 4. The van der Waals surface area contributed by atoms with Crippen LogP contribution in [0.1, 0.15) is 216 Å². The van der Waals surface area contributed by atoms with E-state index in [-0.39, 0.29) is 80.4 Å². The zero-order chi connectivity index (χ0) is 68.2. The van der Waals surface area contributed by atoms with Crippen LogP contribution in [0, 0.1) is 121 Å². The minimum absolute atomic E-state index is 0. The van der Waals surface area contributed by atoms with Gasteiger partial charge in [-0.25, -0.2) is 0 Å². The monoisotopic (exact) mass is 2120 g/mol. The summed E-state index contributed by atoms with van der Waals surface area (Å²) in [6.07, 6.45) is 47.9. The van der Waals surface area contributed by atoms with E-state index in [2.05, 4.69) is 192 Å². The van der Waals surface area contributed by atoms with Gasteiger partial charge >= 0.3 is 0 Å². The van der Waals surface area contributed by atoms with Gasteiger partial charge in [0.15, 0.2) is 0 Å². The molecular weight excluding hydrogens is 2010 g/mol. The molecule has 0 N–H and O–H groups in total. The van der Waals surface area contributed by atoms with Crippen molar-refractivity contribution in [2.45, 2.75) is 231 Å². The SMILES string of the molecule is CCCCCCc1cnc(-c2[c-]cc3ccccc3c2)n1C1C2CC3CC(C2)CC1C3.CCc1cn(C23CC4CC(CC(C4)C2)C3)c(-c2[c-]cc3ccccc3c2)n1.Cc1cnc(-c2[c-]cccc2)n1C12CC3CC(CC(C3)C1)C2.Cc1cnc(-c2[c-]cccc2)n1C1C2CC3CC(C2)CC1C3.[Ir].[Ir].[Ir].[Ir]. The molecule has 8 nitrogen and oxygen atoms in total. The average Bonchev–Trinajstić information content (AvgIpc) is 1.32. The first-order chi connectivity index (χ1) is 50.0. The minimum Gasteiger partial charge on any atom is -0.365 e. The van der Waals surface area contributed by atoms with Crippen LogP contribution in [0.2, 0.25) is 0 Å². The van der Waals surface area contributed by atoms with Gasteiger partial charge in [-0.2, -0.15) is 0 Å². The van der Waals surface area contributed by atoms with Crippen LogP contribution in [0.25, 0.3) is 67.1 Å². The van der Waals surface area contributed by atoms with Gasteiger partial charge in [-0.3, -0.25) is 19.9 Å². The summed E-state index contributed by atoms with van der Waals surface area (Å²) in [5.74, 6) is 17.8. The van der Waals surface area contributed by atoms with Crippen LogP contribution in [0.4, 0.5) is 0 Å². The van der Waals surface area contributed by atoms with Crippen LogP contribution in [0.3, 0.4) is 0 Å². The second-order valence-corrected chi connectivity index (χ2v) is 35.8. The summed E-state index contributed by atoms with van der Waals surface area (Å²) in [4.78, 5) is 19.7. The van der Waals surface area contributed by atoms with Crippen LogP contribution >= 0.6 is 0 Å². The molecule has 4 aromatic heterocycles. The van der Waals surface area contributed by atoms with Crippen molar-refractivity contribution in [3.05, 3.63) is 193 Å². The molecule has 10 aromatic rings. The van der Waals surface area contributed by atoms with Crippen LogP contribution in [0.5, 0.6) is 0 Å². The predicted molar refractivity (Wildman–Crippen MR) is 412 cm³/mol. The quantitative estimate of drug-likeness (QED) is 0.0803. The normalized spacial score (nSPS) is 31.5. The molecule has 16 aliphatic rings. The maximum atomic E-state index is 5.09. The fraction of sp³-hybridized carbons (Fsp3) is 0.532. The summed E-state index contributed by atoms with van der Waals surface area (Å²) in [6, 6.07) is 57.9. The third kappa shape index (κ3) is 14.6. The Bertz CT molecular complexity index is 4510. The number of fused-ring (bicyclic) bond motifs is 2. The van der Waals surface area contributed by atoms with Gasteiger partial charge in [-0.05, 0) is 257 Å². The van der Waals surface area contributed by atoms with Crippen molar-refractivity contribution in [3.8, 4) is 45.6 Å². The third-order valence-electron chi connectivity index (χ3n) is 28.9. The molecule has 0 aliphatic heterocycles. The van der Waals surface area contributed by atoms with Gasteiger partial charge in [0, 0.05) is 151 Å². The molecule has 0 spiro atoms. The maximum Gasteiger partial charge on any atom is 0.0565 e. The number of imidazole rings is 4. The van der Waals surface area contributed by atoms with Gasteiger partial charge in [0.1, 0.15) is 0 Å². The van der Waals surface area contributed by atoms with E-state index >= 15 is 0 Å². The number of benzene rings is 6. The Hall–Kier alpha value is -4.72. The van der Waals surface area contributed by atoms with Crippen LogP contribution < -0.4 is 0 Å². The number of aryl methyl sites for hydroxylation is 4. The van der Waals surface area contributed by atoms with E-state index in [0.29, 0.717) is 23.2 Å². The van der Waals surface area contributed by atoms with Crippen molar-refractivity contribution in [1.82, 2.24) is 38.2 Å². The van der Waals surface area contributed by atoms with Gasteiger partial charge in [-0.15, -0.1) is 130 Å². The van der Waals surface area contributed by atoms with E-state index in [9.17, 15) is 0 Å². The van der Waals surface area contributed by atoms with Gasteiger partial charge in [0.05, 0.1) is 23.3 Å². The molecule has 16 bridgehead atoms. The second kappa shape index (κ2) is 32.2. The molecule has 16 aliphatic carbocycles. The Morgan fingerprint density at radius 2 is 0.811 bits per heavy atom. The summed E-state index contributed by atoms with van der Waals surface area (Å²) in [6.45, 7) is 8.98. The Morgan fingerprint density at radius 1 is 0.396 bits per heavy atom. The molecule has 6 aromatic carbocycles. The molecule has 564 valence electrons. The fourth-order valence-corrected chi connectivity index (χ4v) is 26.2. The molecule has 4 radical (unpaired) electrons. The van der Waals surface area contributed by atoms with Crippen molar-refractivity contribution < 1.29 is 80.4 Å². The van der Waals surface area contributed by atoms with Crippen LogP contribution in [-0.4, -0.2) is 38.2 Å². The van der Waals surface area contributed by atoms with Gasteiger partial charge in [-0.1, -0.05) is 92.4 Å². The number of hydrogen-bond donors (Lipinski definition) is 0. The average molecular weight is 2120 g/mol. The Kier molecular flexibility index (Phi) is 23.3. The van der Waals surface area contributed by atoms with Crippen molar-refractivity contribution in [1.29, 1.82) is 0 Å². The van der Waals surface area contributed by atoms with Crippen molar-refractivity contribution in [2.75, 3.05) is 0 Å². The first kappa shape index (κ1) is 76.6. The Labute approximate surface area is 686 Å². The van der Waals surface area contributed by atoms with Gasteiger partial charge in [0.25, 0.3) is 0 Å². The van der Waals surface area contributed by atoms with E-state index < -0.39 is 0 Å². The number of aromatic nitrogens is 8. The summed E-state index contributed by atoms with van der Waals surface area (Å²) in [7, 11) is 0. The van der Waals surface area contributed by atoms with Crippen LogP contribution in [0.15, 0.2) is 146 Å². The van der Waals surface area contributed by atoms with Crippen molar-refractivity contribution >= 4 is 21.5 Å². The van der Waals surface area contributed by atoms with Gasteiger partial charge < -0.3 is 18.3 Å². The summed E-state index contributed by atoms with van der Waals surface area (Å²) >= 11 is 0. The van der Waals surface area contributed by atoms with E-state index in [1.54, 1.807) is 0 Å². The van der Waals surface area contributed by atoms with E-state index in [1.165, 1.54) is 229 Å². The van der Waals surface area contributed by atoms with E-state index in [0.717, 1.165) is 123 Å². The van der Waals surface area contributed by atoms with E-state index in [4.69, 9.17) is 19.9 Å². The smallest absolute Gasteiger partial charge is 0.0565 e. The number of rotatable bonds is 14. The zero-order valence-electron chi connectivity index (χ0n) is 62.8. The Morgan fingerprint density at radius 3 is 1.29 bits per heavy atom. The number of nitrogens with zero attached hydrogens (tertiary/aromatic N) is 8. The summed E-state index contributed by atoms with van der Waals surface area (Å²) in [5, 5.41) is 5.09. The first-order valence-electron chi connectivity index (χ1n) is 41.0.